The maximum Gasteiger partial charge on any atom is 0.341 e. The molecule has 1 aliphatic rings. The summed E-state index contributed by atoms with van der Waals surface area (Å²) in [5.74, 6) is -0.607. The smallest absolute Gasteiger partial charge is 0.341 e. The molecule has 0 aliphatic heterocycles. The fraction of sp³-hybridized carbons (Fsp3) is 0.400. The van der Waals surface area contributed by atoms with Gasteiger partial charge in [-0.2, -0.15) is 0 Å². The lowest BCUT2D eigenvalue weighted by Crippen LogP contribution is -2.20. The molecule has 0 amide bonds. The summed E-state index contributed by atoms with van der Waals surface area (Å²) in [7, 11) is 0. The van der Waals surface area contributed by atoms with Crippen LogP contribution in [-0.4, -0.2) is 17.7 Å². The zero-order valence-corrected chi connectivity index (χ0v) is 16.9. The summed E-state index contributed by atoms with van der Waals surface area (Å²) in [4.78, 5) is 13.9. The van der Waals surface area contributed by atoms with Crippen LogP contribution >= 0.6 is 23.6 Å². The normalized spacial score (nSPS) is 13.9. The summed E-state index contributed by atoms with van der Waals surface area (Å²) in [5.41, 5.74) is 2.40. The summed E-state index contributed by atoms with van der Waals surface area (Å²) in [6.07, 6.45) is 6.48. The van der Waals surface area contributed by atoms with Crippen LogP contribution in [0.5, 0.6) is 0 Å². The Bertz CT molecular complexity index is 818. The molecule has 0 saturated carbocycles. The van der Waals surface area contributed by atoms with E-state index in [-0.39, 0.29) is 11.8 Å². The molecule has 144 valence electrons. The topological polar surface area (TPSA) is 50.4 Å². The Kier molecular flexibility index (Phi) is 6.79. The minimum absolute atomic E-state index is 0.303. The van der Waals surface area contributed by atoms with Crippen LogP contribution in [0.15, 0.2) is 24.3 Å². The maximum absolute atomic E-state index is 13.1. The number of rotatable bonds is 4. The van der Waals surface area contributed by atoms with Gasteiger partial charge in [-0.25, -0.2) is 9.18 Å². The molecular formula is C20H23FN2O2S2. The van der Waals surface area contributed by atoms with Gasteiger partial charge in [0.15, 0.2) is 5.11 Å². The van der Waals surface area contributed by atoms with Crippen LogP contribution in [0.25, 0.3) is 0 Å². The Labute approximate surface area is 168 Å². The van der Waals surface area contributed by atoms with Crippen molar-refractivity contribution in [2.45, 2.75) is 45.4 Å². The molecule has 2 N–H and O–H groups in total. The predicted molar refractivity (Wildman–Crippen MR) is 112 cm³/mol. The molecule has 0 saturated heterocycles. The number of carbonyl (C=O) groups excluding carboxylic acids is 1. The Morgan fingerprint density at radius 3 is 2.56 bits per heavy atom. The van der Waals surface area contributed by atoms with Crippen LogP contribution in [0.2, 0.25) is 0 Å². The van der Waals surface area contributed by atoms with E-state index < -0.39 is 0 Å². The van der Waals surface area contributed by atoms with Crippen LogP contribution in [-0.2, 0) is 17.6 Å². The molecule has 0 unspecified atom stereocenters. The van der Waals surface area contributed by atoms with Gasteiger partial charge in [-0.1, -0.05) is 12.8 Å². The lowest BCUT2D eigenvalue weighted by Gasteiger charge is -2.12. The molecule has 27 heavy (non-hydrogen) atoms. The van der Waals surface area contributed by atoms with Crippen molar-refractivity contribution in [3.05, 3.63) is 46.1 Å². The molecule has 0 radical (unpaired) electrons. The first-order valence-corrected chi connectivity index (χ1v) is 10.5. The standard InChI is InChI=1S/C20H23FN2O2S2/c1-2-25-19(24)17-15-7-5-3-4-6-8-16(15)27-18(17)23-20(26)22-14-11-9-13(21)10-12-14/h9-12H,2-8H2,1H3,(H2,22,23,26). The largest absolute Gasteiger partial charge is 0.462 e. The third kappa shape index (κ3) is 5.05. The van der Waals surface area contributed by atoms with E-state index in [2.05, 4.69) is 10.6 Å². The summed E-state index contributed by atoms with van der Waals surface area (Å²) >= 11 is 6.98. The summed E-state index contributed by atoms with van der Waals surface area (Å²) in [6, 6.07) is 5.96. The summed E-state index contributed by atoms with van der Waals surface area (Å²) in [6.45, 7) is 2.14. The summed E-state index contributed by atoms with van der Waals surface area (Å²) < 4.78 is 18.4. The fourth-order valence-corrected chi connectivity index (χ4v) is 4.79. The molecule has 0 atom stereocenters. The van der Waals surface area contributed by atoms with Gasteiger partial charge in [0.05, 0.1) is 12.2 Å². The molecule has 1 aromatic heterocycles. The average molecular weight is 407 g/mol. The van der Waals surface area contributed by atoms with Crippen molar-refractivity contribution in [1.29, 1.82) is 0 Å². The monoisotopic (exact) mass is 406 g/mol. The number of ether oxygens (including phenoxy) is 1. The lowest BCUT2D eigenvalue weighted by molar-refractivity contribution is 0.0526. The van der Waals surface area contributed by atoms with Crippen molar-refractivity contribution in [3.8, 4) is 0 Å². The van der Waals surface area contributed by atoms with E-state index in [9.17, 15) is 9.18 Å². The van der Waals surface area contributed by atoms with Gasteiger partial charge in [0.2, 0.25) is 0 Å². The second-order valence-electron chi connectivity index (χ2n) is 6.43. The van der Waals surface area contributed by atoms with Gasteiger partial charge in [-0.3, -0.25) is 0 Å². The number of anilines is 2. The van der Waals surface area contributed by atoms with Gasteiger partial charge in [0.25, 0.3) is 0 Å². The number of nitrogens with one attached hydrogen (secondary N) is 2. The molecule has 4 nitrogen and oxygen atoms in total. The number of halogens is 1. The summed E-state index contributed by atoms with van der Waals surface area (Å²) in [5, 5.41) is 7.27. The lowest BCUT2D eigenvalue weighted by atomic mass is 9.96. The highest BCUT2D eigenvalue weighted by Crippen LogP contribution is 2.37. The first-order valence-electron chi connectivity index (χ1n) is 9.23. The van der Waals surface area contributed by atoms with E-state index in [1.165, 1.54) is 29.9 Å². The van der Waals surface area contributed by atoms with Gasteiger partial charge in [0.1, 0.15) is 10.8 Å². The SMILES string of the molecule is CCOC(=O)c1c(NC(=S)Nc2ccc(F)cc2)sc2c1CCCCCC2. The number of thiophene rings is 1. The zero-order chi connectivity index (χ0) is 19.2. The number of thiocarbonyl (C=S) groups is 1. The molecule has 0 fully saturated rings. The van der Waals surface area contributed by atoms with E-state index in [0.717, 1.165) is 36.2 Å². The third-order valence-corrected chi connectivity index (χ3v) is 5.89. The number of fused-ring (bicyclic) bond motifs is 1. The molecule has 0 bridgehead atoms. The van der Waals surface area contributed by atoms with Crippen molar-refractivity contribution in [2.75, 3.05) is 17.2 Å². The number of aryl methyl sites for hydroxylation is 1. The minimum atomic E-state index is -0.304. The van der Waals surface area contributed by atoms with Crippen molar-refractivity contribution in [3.63, 3.8) is 0 Å². The van der Waals surface area contributed by atoms with Crippen LogP contribution in [0.3, 0.4) is 0 Å². The molecular weight excluding hydrogens is 383 g/mol. The highest BCUT2D eigenvalue weighted by Gasteiger charge is 2.25. The van der Waals surface area contributed by atoms with Gasteiger partial charge >= 0.3 is 5.97 Å². The van der Waals surface area contributed by atoms with Crippen molar-refractivity contribution < 1.29 is 13.9 Å². The maximum atomic E-state index is 13.1. The Balaban J connectivity index is 1.84. The van der Waals surface area contributed by atoms with Gasteiger partial charge in [0, 0.05) is 10.6 Å². The highest BCUT2D eigenvalue weighted by atomic mass is 32.1. The van der Waals surface area contributed by atoms with Crippen LogP contribution < -0.4 is 10.6 Å². The third-order valence-electron chi connectivity index (χ3n) is 4.48. The number of esters is 1. The van der Waals surface area contributed by atoms with Crippen molar-refractivity contribution >= 4 is 45.3 Å². The van der Waals surface area contributed by atoms with Crippen LogP contribution in [0, 0.1) is 5.82 Å². The van der Waals surface area contributed by atoms with Gasteiger partial charge < -0.3 is 15.4 Å². The molecule has 1 heterocycles. The Morgan fingerprint density at radius 1 is 1.15 bits per heavy atom. The molecule has 1 aromatic carbocycles. The van der Waals surface area contributed by atoms with Crippen LogP contribution in [0.4, 0.5) is 15.1 Å². The highest BCUT2D eigenvalue weighted by molar-refractivity contribution is 7.80. The predicted octanol–water partition coefficient (Wildman–Crippen LogP) is 5.53. The number of hydrogen-bond donors (Lipinski definition) is 2. The van der Waals surface area contributed by atoms with Crippen molar-refractivity contribution in [2.24, 2.45) is 0 Å². The first-order chi connectivity index (χ1) is 13.1. The van der Waals surface area contributed by atoms with Crippen LogP contribution in [0.1, 0.15) is 53.4 Å². The Hall–Kier alpha value is -1.99. The quantitative estimate of drug-likeness (QED) is 0.516. The molecule has 2 aromatic rings. The Morgan fingerprint density at radius 2 is 1.85 bits per heavy atom. The first kappa shape index (κ1) is 19.8. The van der Waals surface area contributed by atoms with E-state index >= 15 is 0 Å². The molecule has 3 rings (SSSR count). The minimum Gasteiger partial charge on any atom is -0.462 e. The zero-order valence-electron chi connectivity index (χ0n) is 15.3. The second-order valence-corrected chi connectivity index (χ2v) is 7.94. The number of benzene rings is 1. The molecule has 1 aliphatic carbocycles. The van der Waals surface area contributed by atoms with E-state index in [1.54, 1.807) is 23.5 Å². The van der Waals surface area contributed by atoms with E-state index in [4.69, 9.17) is 17.0 Å². The van der Waals surface area contributed by atoms with Gasteiger partial charge in [-0.05, 0) is 74.7 Å². The fourth-order valence-electron chi connectivity index (χ4n) is 3.23. The van der Waals surface area contributed by atoms with E-state index in [1.807, 2.05) is 6.92 Å². The van der Waals surface area contributed by atoms with E-state index in [0.29, 0.717) is 23.0 Å². The number of hydrogen-bond acceptors (Lipinski definition) is 4. The molecule has 0 spiro atoms. The average Bonchev–Trinajstić information content (AvgIpc) is 2.93. The van der Waals surface area contributed by atoms with Crippen molar-refractivity contribution in [1.82, 2.24) is 0 Å². The second kappa shape index (κ2) is 9.28. The van der Waals surface area contributed by atoms with Gasteiger partial charge in [-0.15, -0.1) is 11.3 Å². The number of carbonyl (C=O) groups is 1. The molecule has 7 heteroatoms.